The Morgan fingerprint density at radius 2 is 2.09 bits per heavy atom. The highest BCUT2D eigenvalue weighted by Gasteiger charge is 2.31. The largest absolute Gasteiger partial charge is 0.371 e. The van der Waals surface area contributed by atoms with Crippen molar-refractivity contribution >= 4 is 5.91 Å². The lowest BCUT2D eigenvalue weighted by molar-refractivity contribution is -0.150. The van der Waals surface area contributed by atoms with Crippen LogP contribution in [0.4, 0.5) is 0 Å². The van der Waals surface area contributed by atoms with Gasteiger partial charge in [0.1, 0.15) is 0 Å². The molecule has 2 atom stereocenters. The number of hydrogen-bond acceptors (Lipinski definition) is 3. The minimum atomic E-state index is 0.162. The van der Waals surface area contributed by atoms with Gasteiger partial charge in [-0.2, -0.15) is 0 Å². The molecule has 1 aliphatic heterocycles. The van der Waals surface area contributed by atoms with Crippen LogP contribution in [-0.2, 0) is 16.0 Å². The predicted octanol–water partition coefficient (Wildman–Crippen LogP) is 3.46. The Kier molecular flexibility index (Phi) is 7.03. The van der Waals surface area contributed by atoms with Crippen LogP contribution in [0.3, 0.4) is 0 Å². The molecule has 0 saturated carbocycles. The number of rotatable bonds is 7. The summed E-state index contributed by atoms with van der Waals surface area (Å²) in [6.45, 7) is 8.02. The Morgan fingerprint density at radius 3 is 2.74 bits per heavy atom. The van der Waals surface area contributed by atoms with Gasteiger partial charge in [0.25, 0.3) is 0 Å². The fourth-order valence-electron chi connectivity index (χ4n) is 2.99. The summed E-state index contributed by atoms with van der Waals surface area (Å²) in [5, 5.41) is 0. The van der Waals surface area contributed by atoms with Crippen LogP contribution in [0, 0.1) is 5.92 Å². The summed E-state index contributed by atoms with van der Waals surface area (Å²) in [4.78, 5) is 18.7. The minimum absolute atomic E-state index is 0.162. The van der Waals surface area contributed by atoms with Crippen LogP contribution < -0.4 is 0 Å². The average molecular weight is 318 g/mol. The van der Waals surface area contributed by atoms with Crippen LogP contribution in [0.2, 0.25) is 0 Å². The van der Waals surface area contributed by atoms with Crippen LogP contribution in [0.15, 0.2) is 24.5 Å². The fourth-order valence-corrected chi connectivity index (χ4v) is 2.99. The molecule has 2 heterocycles. The summed E-state index contributed by atoms with van der Waals surface area (Å²) in [5.41, 5.74) is 1.17. The van der Waals surface area contributed by atoms with E-state index in [4.69, 9.17) is 4.74 Å². The van der Waals surface area contributed by atoms with Crippen molar-refractivity contribution in [1.29, 1.82) is 0 Å². The lowest BCUT2D eigenvalue weighted by Crippen LogP contribution is -2.51. The van der Waals surface area contributed by atoms with Gasteiger partial charge < -0.3 is 9.64 Å². The number of nitrogens with zero attached hydrogens (tertiary/aromatic N) is 2. The van der Waals surface area contributed by atoms with Crippen LogP contribution >= 0.6 is 0 Å². The SMILES string of the molecule is CCCC[C@@H]1CN(C(=O)CCc2ccncc2)C[C@H](C(C)C)O1. The zero-order valence-electron chi connectivity index (χ0n) is 14.7. The maximum absolute atomic E-state index is 12.6. The second-order valence-electron chi connectivity index (χ2n) is 6.84. The van der Waals surface area contributed by atoms with Gasteiger partial charge in [-0.3, -0.25) is 9.78 Å². The van der Waals surface area contributed by atoms with E-state index in [1.807, 2.05) is 17.0 Å². The van der Waals surface area contributed by atoms with Gasteiger partial charge in [-0.25, -0.2) is 0 Å². The van der Waals surface area contributed by atoms with Gasteiger partial charge in [0.15, 0.2) is 0 Å². The smallest absolute Gasteiger partial charge is 0.223 e. The molecule has 0 aromatic carbocycles. The summed E-state index contributed by atoms with van der Waals surface area (Å²) in [6, 6.07) is 3.96. The molecule has 1 aliphatic rings. The van der Waals surface area contributed by atoms with E-state index < -0.39 is 0 Å². The molecule has 0 bridgehead atoms. The molecule has 4 nitrogen and oxygen atoms in total. The Morgan fingerprint density at radius 1 is 1.35 bits per heavy atom. The highest BCUT2D eigenvalue weighted by molar-refractivity contribution is 5.76. The molecule has 0 N–H and O–H groups in total. The second-order valence-corrected chi connectivity index (χ2v) is 6.84. The molecule has 0 aliphatic carbocycles. The highest BCUT2D eigenvalue weighted by Crippen LogP contribution is 2.21. The van der Waals surface area contributed by atoms with Crippen LogP contribution in [0.1, 0.15) is 52.0 Å². The molecule has 128 valence electrons. The molecule has 4 heteroatoms. The summed E-state index contributed by atoms with van der Waals surface area (Å²) in [5.74, 6) is 0.687. The normalized spacial score (nSPS) is 21.7. The van der Waals surface area contributed by atoms with Gasteiger partial charge in [-0.05, 0) is 36.5 Å². The average Bonchev–Trinajstić information content (AvgIpc) is 2.58. The highest BCUT2D eigenvalue weighted by atomic mass is 16.5. The van der Waals surface area contributed by atoms with E-state index in [2.05, 4.69) is 25.8 Å². The molecule has 1 aromatic heterocycles. The van der Waals surface area contributed by atoms with Crippen molar-refractivity contribution < 1.29 is 9.53 Å². The topological polar surface area (TPSA) is 42.4 Å². The van der Waals surface area contributed by atoms with E-state index in [0.717, 1.165) is 32.4 Å². The Balaban J connectivity index is 1.91. The Bertz CT molecular complexity index is 476. The predicted molar refractivity (Wildman–Crippen MR) is 92.2 cm³/mol. The summed E-state index contributed by atoms with van der Waals surface area (Å²) >= 11 is 0. The van der Waals surface area contributed by atoms with E-state index in [-0.39, 0.29) is 18.1 Å². The molecular formula is C19H30N2O2. The first-order valence-electron chi connectivity index (χ1n) is 8.92. The lowest BCUT2D eigenvalue weighted by Gasteiger charge is -2.40. The maximum atomic E-state index is 12.6. The first-order valence-corrected chi connectivity index (χ1v) is 8.92. The lowest BCUT2D eigenvalue weighted by atomic mass is 10.0. The van der Waals surface area contributed by atoms with Crippen LogP contribution in [0.5, 0.6) is 0 Å². The molecular weight excluding hydrogens is 288 g/mol. The summed E-state index contributed by atoms with van der Waals surface area (Å²) in [7, 11) is 0. The third-order valence-corrected chi connectivity index (χ3v) is 4.54. The molecule has 0 radical (unpaired) electrons. The van der Waals surface area contributed by atoms with E-state index in [1.54, 1.807) is 12.4 Å². The van der Waals surface area contributed by atoms with E-state index in [1.165, 1.54) is 12.0 Å². The molecule has 1 aromatic rings. The summed E-state index contributed by atoms with van der Waals surface area (Å²) < 4.78 is 6.19. The number of amides is 1. The van der Waals surface area contributed by atoms with Crippen molar-refractivity contribution in [2.75, 3.05) is 13.1 Å². The molecule has 1 amide bonds. The Labute approximate surface area is 140 Å². The molecule has 0 unspecified atom stereocenters. The molecule has 1 fully saturated rings. The van der Waals surface area contributed by atoms with Gasteiger partial charge in [-0.15, -0.1) is 0 Å². The van der Waals surface area contributed by atoms with E-state index >= 15 is 0 Å². The van der Waals surface area contributed by atoms with Crippen molar-refractivity contribution in [3.05, 3.63) is 30.1 Å². The molecule has 23 heavy (non-hydrogen) atoms. The number of carbonyl (C=O) groups is 1. The van der Waals surface area contributed by atoms with Gasteiger partial charge >= 0.3 is 0 Å². The fraction of sp³-hybridized carbons (Fsp3) is 0.684. The van der Waals surface area contributed by atoms with Gasteiger partial charge in [0, 0.05) is 31.9 Å². The van der Waals surface area contributed by atoms with Crippen LogP contribution in [-0.4, -0.2) is 41.1 Å². The number of aromatic nitrogens is 1. The van der Waals surface area contributed by atoms with Crippen molar-refractivity contribution in [2.24, 2.45) is 5.92 Å². The minimum Gasteiger partial charge on any atom is -0.371 e. The van der Waals surface area contributed by atoms with Gasteiger partial charge in [0.05, 0.1) is 12.2 Å². The number of morpholine rings is 1. The zero-order chi connectivity index (χ0) is 16.7. The monoisotopic (exact) mass is 318 g/mol. The second kappa shape index (κ2) is 9.02. The van der Waals surface area contributed by atoms with E-state index in [9.17, 15) is 4.79 Å². The molecule has 1 saturated heterocycles. The van der Waals surface area contributed by atoms with Crippen LogP contribution in [0.25, 0.3) is 0 Å². The maximum Gasteiger partial charge on any atom is 0.223 e. The number of hydrogen-bond donors (Lipinski definition) is 0. The Hall–Kier alpha value is -1.42. The van der Waals surface area contributed by atoms with Crippen molar-refractivity contribution in [3.63, 3.8) is 0 Å². The number of carbonyl (C=O) groups excluding carboxylic acids is 1. The molecule has 2 rings (SSSR count). The number of pyridine rings is 1. The van der Waals surface area contributed by atoms with Crippen molar-refractivity contribution in [3.8, 4) is 0 Å². The number of aryl methyl sites for hydroxylation is 1. The first-order chi connectivity index (χ1) is 11.1. The van der Waals surface area contributed by atoms with Gasteiger partial charge in [-0.1, -0.05) is 33.6 Å². The molecule has 0 spiro atoms. The third kappa shape index (κ3) is 5.61. The summed E-state index contributed by atoms with van der Waals surface area (Å²) in [6.07, 6.45) is 8.65. The number of ether oxygens (including phenoxy) is 1. The van der Waals surface area contributed by atoms with Crippen molar-refractivity contribution in [1.82, 2.24) is 9.88 Å². The number of unbranched alkanes of at least 4 members (excludes halogenated alkanes) is 1. The quantitative estimate of drug-likeness (QED) is 0.773. The van der Waals surface area contributed by atoms with E-state index in [0.29, 0.717) is 12.3 Å². The zero-order valence-corrected chi connectivity index (χ0v) is 14.7. The standard InChI is InChI=1S/C19H30N2O2/c1-4-5-6-17-13-21(14-18(23-17)15(2)3)19(22)8-7-16-9-11-20-12-10-16/h9-12,15,17-18H,4-8,13-14H2,1-3H3/t17-,18-/m1/s1. The van der Waals surface area contributed by atoms with Crippen molar-refractivity contribution in [2.45, 2.75) is 65.1 Å². The third-order valence-electron chi connectivity index (χ3n) is 4.54. The van der Waals surface area contributed by atoms with Gasteiger partial charge in [0.2, 0.25) is 5.91 Å². The first kappa shape index (κ1) is 17.9.